The Kier molecular flexibility index (Phi) is 7.28. The van der Waals surface area contributed by atoms with Gasteiger partial charge in [0.25, 0.3) is 0 Å². The van der Waals surface area contributed by atoms with Crippen molar-refractivity contribution in [3.8, 4) is 22.6 Å². The van der Waals surface area contributed by atoms with Crippen LogP contribution in [0, 0.1) is 22.7 Å². The summed E-state index contributed by atoms with van der Waals surface area (Å²) in [5.74, 6) is 0.899. The fourth-order valence-corrected chi connectivity index (χ4v) is 6.13. The topological polar surface area (TPSA) is 87.8 Å². The van der Waals surface area contributed by atoms with Gasteiger partial charge in [-0.2, -0.15) is 10.5 Å². The molecule has 3 aromatic rings. The Labute approximate surface area is 211 Å². The summed E-state index contributed by atoms with van der Waals surface area (Å²) in [7, 11) is 0. The van der Waals surface area contributed by atoms with E-state index in [9.17, 15) is 0 Å². The number of rotatable bonds is 6. The second-order valence-electron chi connectivity index (χ2n) is 9.49. The van der Waals surface area contributed by atoms with E-state index < -0.39 is 0 Å². The maximum Gasteiger partial charge on any atom is 0.126 e. The number of hydrogen-bond donors (Lipinski definition) is 2. The third-order valence-electron chi connectivity index (χ3n) is 7.10. The van der Waals surface area contributed by atoms with Crippen molar-refractivity contribution < 1.29 is 0 Å². The van der Waals surface area contributed by atoms with E-state index in [1.165, 1.54) is 31.4 Å². The van der Waals surface area contributed by atoms with Gasteiger partial charge in [-0.1, -0.05) is 12.8 Å². The van der Waals surface area contributed by atoms with E-state index in [1.54, 1.807) is 11.3 Å². The van der Waals surface area contributed by atoms with Crippen LogP contribution in [0.25, 0.3) is 10.4 Å². The number of aromatic nitrogens is 1. The Morgan fingerprint density at radius 1 is 0.914 bits per heavy atom. The fraction of sp³-hybridized carbons (Fsp3) is 0.393. The number of hydrogen-bond acceptors (Lipinski definition) is 7. The standard InChI is InChI=1S/C28H30N6S/c29-16-20-7-9-24(10-8-20)34-13-3-4-23(18-34)32-25-5-1-2-6-26(25)33-28-15-22(11-12-31-28)27-14-21(17-30)19-35-27/h7-12,14-15,19,23,25-26,32H,1-6,13,18H2,(H,31,33)/t23-,25+,26+/m0/s1. The molecule has 6 nitrogen and oxygen atoms in total. The van der Waals surface area contributed by atoms with Gasteiger partial charge in [-0.3, -0.25) is 0 Å². The molecule has 1 aliphatic heterocycles. The number of benzene rings is 1. The zero-order valence-corrected chi connectivity index (χ0v) is 20.6. The Hall–Kier alpha value is -3.39. The molecule has 0 spiro atoms. The number of nitrogens with zero attached hydrogens (tertiary/aromatic N) is 4. The van der Waals surface area contributed by atoms with Crippen molar-refractivity contribution in [3.05, 3.63) is 65.2 Å². The first-order chi connectivity index (χ1) is 17.2. The van der Waals surface area contributed by atoms with Crippen LogP contribution in [-0.4, -0.2) is 36.2 Å². The average molecular weight is 483 g/mol. The largest absolute Gasteiger partial charge is 0.370 e. The molecule has 1 aliphatic carbocycles. The quantitative estimate of drug-likeness (QED) is 0.480. The molecular weight excluding hydrogens is 452 g/mol. The molecule has 3 atom stereocenters. The highest BCUT2D eigenvalue weighted by Crippen LogP contribution is 2.30. The predicted molar refractivity (Wildman–Crippen MR) is 141 cm³/mol. The van der Waals surface area contributed by atoms with Crippen LogP contribution in [-0.2, 0) is 0 Å². The molecule has 0 bridgehead atoms. The minimum atomic E-state index is 0.342. The summed E-state index contributed by atoms with van der Waals surface area (Å²) in [6.45, 7) is 2.05. The van der Waals surface area contributed by atoms with Crippen LogP contribution >= 0.6 is 11.3 Å². The molecule has 5 rings (SSSR count). The van der Waals surface area contributed by atoms with Crippen molar-refractivity contribution in [1.82, 2.24) is 10.3 Å². The van der Waals surface area contributed by atoms with Crippen molar-refractivity contribution in [3.63, 3.8) is 0 Å². The van der Waals surface area contributed by atoms with Crippen LogP contribution in [0.3, 0.4) is 0 Å². The van der Waals surface area contributed by atoms with Crippen molar-refractivity contribution in [2.24, 2.45) is 0 Å². The van der Waals surface area contributed by atoms with Gasteiger partial charge < -0.3 is 15.5 Å². The number of piperidine rings is 1. The maximum absolute atomic E-state index is 9.15. The highest BCUT2D eigenvalue weighted by molar-refractivity contribution is 7.13. The molecule has 0 unspecified atom stereocenters. The number of nitrogens with one attached hydrogen (secondary N) is 2. The average Bonchev–Trinajstić information content (AvgIpc) is 3.40. The molecule has 3 heterocycles. The van der Waals surface area contributed by atoms with Crippen molar-refractivity contribution in [1.29, 1.82) is 10.5 Å². The number of anilines is 2. The molecule has 1 saturated heterocycles. The highest BCUT2D eigenvalue weighted by atomic mass is 32.1. The van der Waals surface area contributed by atoms with Gasteiger partial charge in [-0.05, 0) is 73.7 Å². The van der Waals surface area contributed by atoms with Gasteiger partial charge in [-0.15, -0.1) is 11.3 Å². The zero-order chi connectivity index (χ0) is 24.0. The second-order valence-corrected chi connectivity index (χ2v) is 10.4. The van der Waals surface area contributed by atoms with Crippen molar-refractivity contribution in [2.75, 3.05) is 23.3 Å². The minimum absolute atomic E-state index is 0.342. The lowest BCUT2D eigenvalue weighted by Crippen LogP contribution is -2.54. The zero-order valence-electron chi connectivity index (χ0n) is 19.8. The molecule has 1 saturated carbocycles. The third kappa shape index (κ3) is 5.65. The molecule has 2 fully saturated rings. The Balaban J connectivity index is 1.24. The van der Waals surface area contributed by atoms with Crippen LogP contribution in [0.2, 0.25) is 0 Å². The van der Waals surface area contributed by atoms with E-state index in [2.05, 4.69) is 50.9 Å². The van der Waals surface area contributed by atoms with Crippen molar-refractivity contribution in [2.45, 2.75) is 56.7 Å². The lowest BCUT2D eigenvalue weighted by Gasteiger charge is -2.40. The first kappa shape index (κ1) is 23.4. The Morgan fingerprint density at radius 2 is 1.71 bits per heavy atom. The SMILES string of the molecule is N#Cc1ccc(N2CCC[C@H](N[C@@H]3CCCC[C@H]3Nc3cc(-c4cc(C#N)cs4)ccn3)C2)cc1. The smallest absolute Gasteiger partial charge is 0.126 e. The molecule has 35 heavy (non-hydrogen) atoms. The maximum atomic E-state index is 9.15. The summed E-state index contributed by atoms with van der Waals surface area (Å²) in [6.07, 6.45) is 8.98. The van der Waals surface area contributed by atoms with Gasteiger partial charge in [-0.25, -0.2) is 4.98 Å². The van der Waals surface area contributed by atoms with Gasteiger partial charge in [0.2, 0.25) is 0 Å². The molecular formula is C28H30N6S. The monoisotopic (exact) mass is 482 g/mol. The number of nitriles is 2. The van der Waals surface area contributed by atoms with Gasteiger partial charge in [0.1, 0.15) is 11.9 Å². The first-order valence-corrected chi connectivity index (χ1v) is 13.3. The number of pyridine rings is 1. The second kappa shape index (κ2) is 10.9. The fourth-order valence-electron chi connectivity index (χ4n) is 5.30. The summed E-state index contributed by atoms with van der Waals surface area (Å²) in [5.41, 5.74) is 3.71. The molecule has 0 amide bonds. The first-order valence-electron chi connectivity index (χ1n) is 12.4. The summed E-state index contributed by atoms with van der Waals surface area (Å²) in [6, 6.07) is 19.6. The van der Waals surface area contributed by atoms with E-state index in [-0.39, 0.29) is 0 Å². The van der Waals surface area contributed by atoms with Gasteiger partial charge in [0.15, 0.2) is 0 Å². The molecule has 7 heteroatoms. The predicted octanol–water partition coefficient (Wildman–Crippen LogP) is 5.54. The van der Waals surface area contributed by atoms with Gasteiger partial charge >= 0.3 is 0 Å². The number of thiophene rings is 1. The molecule has 2 N–H and O–H groups in total. The molecule has 178 valence electrons. The minimum Gasteiger partial charge on any atom is -0.370 e. The van der Waals surface area contributed by atoms with E-state index in [4.69, 9.17) is 10.5 Å². The van der Waals surface area contributed by atoms with Gasteiger partial charge in [0, 0.05) is 53.4 Å². The van der Waals surface area contributed by atoms with E-state index >= 15 is 0 Å². The summed E-state index contributed by atoms with van der Waals surface area (Å²) in [5, 5.41) is 27.8. The molecule has 2 aliphatic rings. The summed E-state index contributed by atoms with van der Waals surface area (Å²) < 4.78 is 0. The van der Waals surface area contributed by atoms with Crippen LogP contribution < -0.4 is 15.5 Å². The normalized spacial score (nSPS) is 22.2. The lowest BCUT2D eigenvalue weighted by atomic mass is 9.89. The third-order valence-corrected chi connectivity index (χ3v) is 8.08. The van der Waals surface area contributed by atoms with Crippen LogP contribution in [0.5, 0.6) is 0 Å². The van der Waals surface area contributed by atoms with E-state index in [0.29, 0.717) is 29.3 Å². The molecule has 1 aromatic carbocycles. The lowest BCUT2D eigenvalue weighted by molar-refractivity contribution is 0.293. The Bertz CT molecular complexity index is 1220. The van der Waals surface area contributed by atoms with E-state index in [0.717, 1.165) is 42.2 Å². The summed E-state index contributed by atoms with van der Waals surface area (Å²) in [4.78, 5) is 8.14. The van der Waals surface area contributed by atoms with Gasteiger partial charge in [0.05, 0.1) is 17.2 Å². The molecule has 0 radical (unpaired) electrons. The van der Waals surface area contributed by atoms with Crippen LogP contribution in [0.4, 0.5) is 11.5 Å². The van der Waals surface area contributed by atoms with Crippen LogP contribution in [0.15, 0.2) is 54.0 Å². The van der Waals surface area contributed by atoms with Crippen LogP contribution in [0.1, 0.15) is 49.7 Å². The highest BCUT2D eigenvalue weighted by Gasteiger charge is 2.29. The molecule has 2 aromatic heterocycles. The van der Waals surface area contributed by atoms with E-state index in [1.807, 2.05) is 35.8 Å². The summed E-state index contributed by atoms with van der Waals surface area (Å²) >= 11 is 1.60. The Morgan fingerprint density at radius 3 is 2.49 bits per heavy atom. The van der Waals surface area contributed by atoms with Crippen molar-refractivity contribution >= 4 is 22.8 Å².